The fourth-order valence-corrected chi connectivity index (χ4v) is 2.56. The average molecular weight is 242 g/mol. The summed E-state index contributed by atoms with van der Waals surface area (Å²) in [6.45, 7) is 1.20. The standard InChI is InChI=1S/C13H26N2O2/c1-17-9-5-8-13(16)15-12(10-14)11-6-3-2-4-7-11/h11-12H,2-10,14H2,1H3,(H,15,16). The number of carbonyl (C=O) groups is 1. The van der Waals surface area contributed by atoms with Gasteiger partial charge in [-0.05, 0) is 25.2 Å². The zero-order valence-electron chi connectivity index (χ0n) is 10.9. The van der Waals surface area contributed by atoms with E-state index >= 15 is 0 Å². The third-order valence-corrected chi connectivity index (χ3v) is 3.57. The van der Waals surface area contributed by atoms with Crippen molar-refractivity contribution in [3.63, 3.8) is 0 Å². The van der Waals surface area contributed by atoms with Gasteiger partial charge in [-0.15, -0.1) is 0 Å². The van der Waals surface area contributed by atoms with Crippen LogP contribution in [-0.4, -0.2) is 32.2 Å². The summed E-state index contributed by atoms with van der Waals surface area (Å²) < 4.78 is 4.94. The van der Waals surface area contributed by atoms with E-state index in [1.807, 2.05) is 0 Å². The Morgan fingerprint density at radius 3 is 2.71 bits per heavy atom. The molecule has 1 rings (SSSR count). The number of ether oxygens (including phenoxy) is 1. The molecule has 0 aliphatic heterocycles. The van der Waals surface area contributed by atoms with Crippen molar-refractivity contribution >= 4 is 5.91 Å². The molecule has 4 nitrogen and oxygen atoms in total. The van der Waals surface area contributed by atoms with Crippen LogP contribution >= 0.6 is 0 Å². The van der Waals surface area contributed by atoms with Crippen LogP contribution in [-0.2, 0) is 9.53 Å². The largest absolute Gasteiger partial charge is 0.385 e. The van der Waals surface area contributed by atoms with Gasteiger partial charge in [-0.2, -0.15) is 0 Å². The Morgan fingerprint density at radius 2 is 2.12 bits per heavy atom. The van der Waals surface area contributed by atoms with Crippen molar-refractivity contribution in [3.8, 4) is 0 Å². The van der Waals surface area contributed by atoms with Gasteiger partial charge in [0, 0.05) is 32.7 Å². The van der Waals surface area contributed by atoms with Gasteiger partial charge < -0.3 is 15.8 Å². The highest BCUT2D eigenvalue weighted by Gasteiger charge is 2.23. The van der Waals surface area contributed by atoms with Crippen LogP contribution in [0.1, 0.15) is 44.9 Å². The Balaban J connectivity index is 2.27. The number of carbonyl (C=O) groups excluding carboxylic acids is 1. The fraction of sp³-hybridized carbons (Fsp3) is 0.923. The minimum atomic E-state index is 0.114. The number of hydrogen-bond acceptors (Lipinski definition) is 3. The van der Waals surface area contributed by atoms with E-state index in [0.29, 0.717) is 25.5 Å². The van der Waals surface area contributed by atoms with Gasteiger partial charge in [-0.25, -0.2) is 0 Å². The van der Waals surface area contributed by atoms with Gasteiger partial charge in [0.1, 0.15) is 0 Å². The van der Waals surface area contributed by atoms with Gasteiger partial charge in [-0.1, -0.05) is 19.3 Å². The molecule has 0 heterocycles. The first-order chi connectivity index (χ1) is 8.27. The molecule has 17 heavy (non-hydrogen) atoms. The third kappa shape index (κ3) is 5.50. The first kappa shape index (κ1) is 14.5. The molecule has 0 radical (unpaired) electrons. The molecule has 100 valence electrons. The Labute approximate surface area is 104 Å². The molecule has 0 saturated heterocycles. The molecule has 4 heteroatoms. The predicted molar refractivity (Wildman–Crippen MR) is 68.7 cm³/mol. The van der Waals surface area contributed by atoms with Crippen LogP contribution in [0.2, 0.25) is 0 Å². The minimum absolute atomic E-state index is 0.114. The van der Waals surface area contributed by atoms with E-state index in [2.05, 4.69) is 5.32 Å². The molecule has 0 spiro atoms. The molecule has 1 atom stereocenters. The van der Waals surface area contributed by atoms with E-state index in [-0.39, 0.29) is 11.9 Å². The number of hydrogen-bond donors (Lipinski definition) is 2. The molecular formula is C13H26N2O2. The first-order valence-corrected chi connectivity index (χ1v) is 6.76. The van der Waals surface area contributed by atoms with E-state index in [0.717, 1.165) is 6.42 Å². The summed E-state index contributed by atoms with van der Waals surface area (Å²) in [5, 5.41) is 3.08. The highest BCUT2D eigenvalue weighted by atomic mass is 16.5. The topological polar surface area (TPSA) is 64.3 Å². The molecule has 0 aromatic rings. The normalized spacial score (nSPS) is 18.9. The molecule has 1 unspecified atom stereocenters. The molecule has 1 aliphatic rings. The van der Waals surface area contributed by atoms with Gasteiger partial charge in [0.05, 0.1) is 0 Å². The lowest BCUT2D eigenvalue weighted by molar-refractivity contribution is -0.122. The van der Waals surface area contributed by atoms with Gasteiger partial charge in [0.25, 0.3) is 0 Å². The second-order valence-electron chi connectivity index (χ2n) is 4.90. The van der Waals surface area contributed by atoms with Crippen molar-refractivity contribution in [2.45, 2.75) is 51.0 Å². The SMILES string of the molecule is COCCCC(=O)NC(CN)C1CCCCC1. The number of nitrogens with one attached hydrogen (secondary N) is 1. The van der Waals surface area contributed by atoms with E-state index in [1.165, 1.54) is 32.1 Å². The molecular weight excluding hydrogens is 216 g/mol. The van der Waals surface area contributed by atoms with Crippen LogP contribution in [0.5, 0.6) is 0 Å². The van der Waals surface area contributed by atoms with Crippen LogP contribution in [0.15, 0.2) is 0 Å². The maximum absolute atomic E-state index is 11.7. The number of amides is 1. The van der Waals surface area contributed by atoms with Crippen molar-refractivity contribution in [3.05, 3.63) is 0 Å². The maximum Gasteiger partial charge on any atom is 0.220 e. The van der Waals surface area contributed by atoms with Crippen LogP contribution in [0.4, 0.5) is 0 Å². The average Bonchev–Trinajstić information content (AvgIpc) is 2.37. The Bertz CT molecular complexity index is 215. The van der Waals surface area contributed by atoms with Gasteiger partial charge >= 0.3 is 0 Å². The highest BCUT2D eigenvalue weighted by molar-refractivity contribution is 5.76. The van der Waals surface area contributed by atoms with Crippen LogP contribution in [0.25, 0.3) is 0 Å². The van der Waals surface area contributed by atoms with Crippen molar-refractivity contribution in [1.82, 2.24) is 5.32 Å². The molecule has 1 saturated carbocycles. The molecule has 1 amide bonds. The Hall–Kier alpha value is -0.610. The van der Waals surface area contributed by atoms with E-state index in [9.17, 15) is 4.79 Å². The molecule has 0 bridgehead atoms. The van der Waals surface area contributed by atoms with Crippen molar-refractivity contribution in [2.24, 2.45) is 11.7 Å². The highest BCUT2D eigenvalue weighted by Crippen LogP contribution is 2.26. The molecule has 0 aromatic carbocycles. The van der Waals surface area contributed by atoms with Crippen LogP contribution in [0, 0.1) is 5.92 Å². The molecule has 1 fully saturated rings. The smallest absolute Gasteiger partial charge is 0.220 e. The number of nitrogens with two attached hydrogens (primary N) is 1. The number of rotatable bonds is 7. The van der Waals surface area contributed by atoms with E-state index in [4.69, 9.17) is 10.5 Å². The maximum atomic E-state index is 11.7. The molecule has 0 aromatic heterocycles. The number of methoxy groups -OCH3 is 1. The summed E-state index contributed by atoms with van der Waals surface area (Å²) in [7, 11) is 1.66. The Kier molecular flexibility index (Phi) is 7.21. The summed E-state index contributed by atoms with van der Waals surface area (Å²) >= 11 is 0. The minimum Gasteiger partial charge on any atom is -0.385 e. The van der Waals surface area contributed by atoms with Gasteiger partial charge in [-0.3, -0.25) is 4.79 Å². The van der Waals surface area contributed by atoms with Crippen molar-refractivity contribution in [1.29, 1.82) is 0 Å². The zero-order valence-corrected chi connectivity index (χ0v) is 10.9. The quantitative estimate of drug-likeness (QED) is 0.664. The summed E-state index contributed by atoms with van der Waals surface area (Å²) in [5.74, 6) is 0.697. The monoisotopic (exact) mass is 242 g/mol. The van der Waals surface area contributed by atoms with Gasteiger partial charge in [0.15, 0.2) is 0 Å². The predicted octanol–water partition coefficient (Wildman–Crippen LogP) is 1.44. The third-order valence-electron chi connectivity index (χ3n) is 3.57. The second-order valence-corrected chi connectivity index (χ2v) is 4.90. The van der Waals surface area contributed by atoms with Crippen molar-refractivity contribution < 1.29 is 9.53 Å². The Morgan fingerprint density at radius 1 is 1.41 bits per heavy atom. The molecule has 1 aliphatic carbocycles. The van der Waals surface area contributed by atoms with Crippen molar-refractivity contribution in [2.75, 3.05) is 20.3 Å². The summed E-state index contributed by atoms with van der Waals surface area (Å²) in [6.07, 6.45) is 7.62. The van der Waals surface area contributed by atoms with E-state index in [1.54, 1.807) is 7.11 Å². The molecule has 3 N–H and O–H groups in total. The second kappa shape index (κ2) is 8.48. The first-order valence-electron chi connectivity index (χ1n) is 6.76. The zero-order chi connectivity index (χ0) is 12.5. The lowest BCUT2D eigenvalue weighted by Crippen LogP contribution is -2.45. The summed E-state index contributed by atoms with van der Waals surface area (Å²) in [5.41, 5.74) is 5.77. The summed E-state index contributed by atoms with van der Waals surface area (Å²) in [4.78, 5) is 11.7. The fourth-order valence-electron chi connectivity index (χ4n) is 2.56. The lowest BCUT2D eigenvalue weighted by atomic mass is 9.84. The van der Waals surface area contributed by atoms with E-state index < -0.39 is 0 Å². The summed E-state index contributed by atoms with van der Waals surface area (Å²) in [6, 6.07) is 0.172. The van der Waals surface area contributed by atoms with Crippen LogP contribution < -0.4 is 11.1 Å². The van der Waals surface area contributed by atoms with Crippen LogP contribution in [0.3, 0.4) is 0 Å². The lowest BCUT2D eigenvalue weighted by Gasteiger charge is -2.30. The van der Waals surface area contributed by atoms with Gasteiger partial charge in [0.2, 0.25) is 5.91 Å².